The van der Waals surface area contributed by atoms with Gasteiger partial charge in [-0.05, 0) is 42.0 Å². The quantitative estimate of drug-likeness (QED) is 0.831. The lowest BCUT2D eigenvalue weighted by molar-refractivity contribution is -0.119. The molecule has 2 N–H and O–H groups in total. The summed E-state index contributed by atoms with van der Waals surface area (Å²) >= 11 is 7.18. The molecule has 0 aliphatic heterocycles. The molecule has 0 aliphatic rings. The minimum Gasteiger partial charge on any atom is -0.308 e. The number of halogens is 1. The molecule has 0 saturated heterocycles. The van der Waals surface area contributed by atoms with Gasteiger partial charge in [0, 0.05) is 10.4 Å². The van der Waals surface area contributed by atoms with Crippen LogP contribution < -0.4 is 10.6 Å². The van der Waals surface area contributed by atoms with Crippen LogP contribution in [0.4, 0.5) is 10.5 Å². The van der Waals surface area contributed by atoms with Gasteiger partial charge in [-0.2, -0.15) is 0 Å². The van der Waals surface area contributed by atoms with E-state index < -0.39 is 17.3 Å². The van der Waals surface area contributed by atoms with Crippen molar-refractivity contribution in [3.8, 4) is 0 Å². The molecule has 2 rings (SSSR count). The van der Waals surface area contributed by atoms with Crippen LogP contribution in [-0.4, -0.2) is 17.3 Å². The van der Waals surface area contributed by atoms with Crippen LogP contribution in [0.25, 0.3) is 10.1 Å². The number of benzene rings is 1. The summed E-state index contributed by atoms with van der Waals surface area (Å²) in [6.45, 7) is 1.50. The average molecular weight is 283 g/mol. The normalized spacial score (nSPS) is 12.1. The molecule has 1 unspecified atom stereocenters. The molecule has 0 bridgehead atoms. The van der Waals surface area contributed by atoms with Crippen molar-refractivity contribution < 1.29 is 9.59 Å². The molecule has 4 nitrogen and oxygen atoms in total. The first kappa shape index (κ1) is 12.9. The van der Waals surface area contributed by atoms with Crippen molar-refractivity contribution in [3.05, 3.63) is 29.6 Å². The number of imide groups is 1. The van der Waals surface area contributed by atoms with Crippen molar-refractivity contribution in [3.63, 3.8) is 0 Å². The number of carbonyl (C=O) groups excluding carboxylic acids is 2. The van der Waals surface area contributed by atoms with Crippen LogP contribution in [0.3, 0.4) is 0 Å². The van der Waals surface area contributed by atoms with Crippen molar-refractivity contribution in [2.24, 2.45) is 0 Å². The zero-order valence-corrected chi connectivity index (χ0v) is 11.1. The van der Waals surface area contributed by atoms with Gasteiger partial charge in [-0.1, -0.05) is 0 Å². The number of thiophene rings is 1. The summed E-state index contributed by atoms with van der Waals surface area (Å²) < 4.78 is 1.14. The predicted octanol–water partition coefficient (Wildman–Crippen LogP) is 3.18. The molecule has 1 aromatic heterocycles. The molecule has 3 amide bonds. The van der Waals surface area contributed by atoms with Gasteiger partial charge in [0.05, 0.1) is 0 Å². The molecule has 0 saturated carbocycles. The van der Waals surface area contributed by atoms with Gasteiger partial charge in [-0.3, -0.25) is 10.1 Å². The monoisotopic (exact) mass is 282 g/mol. The third kappa shape index (κ3) is 3.00. The Morgan fingerprint density at radius 3 is 2.83 bits per heavy atom. The van der Waals surface area contributed by atoms with Crippen LogP contribution in [0, 0.1) is 0 Å². The molecule has 0 spiro atoms. The van der Waals surface area contributed by atoms with Gasteiger partial charge in [0.15, 0.2) is 0 Å². The van der Waals surface area contributed by atoms with Crippen LogP contribution in [0.2, 0.25) is 0 Å². The minimum absolute atomic E-state index is 0.522. The summed E-state index contributed by atoms with van der Waals surface area (Å²) in [5.41, 5.74) is 0.633. The van der Waals surface area contributed by atoms with E-state index in [-0.39, 0.29) is 0 Å². The fourth-order valence-corrected chi connectivity index (χ4v) is 2.24. The van der Waals surface area contributed by atoms with Crippen LogP contribution >= 0.6 is 22.9 Å². The molecule has 0 radical (unpaired) electrons. The SMILES string of the molecule is CC(Cl)C(=O)NC(=O)Nc1ccc2sccc2c1. The maximum absolute atomic E-state index is 11.5. The van der Waals surface area contributed by atoms with Gasteiger partial charge in [-0.15, -0.1) is 22.9 Å². The van der Waals surface area contributed by atoms with Gasteiger partial charge in [0.25, 0.3) is 0 Å². The Bertz CT molecular complexity index is 595. The number of hydrogen-bond acceptors (Lipinski definition) is 3. The van der Waals surface area contributed by atoms with E-state index in [0.717, 1.165) is 10.1 Å². The number of hydrogen-bond donors (Lipinski definition) is 2. The fraction of sp³-hybridized carbons (Fsp3) is 0.167. The van der Waals surface area contributed by atoms with Crippen molar-refractivity contribution in [2.45, 2.75) is 12.3 Å². The number of anilines is 1. The molecule has 2 aromatic rings. The topological polar surface area (TPSA) is 58.2 Å². The van der Waals surface area contributed by atoms with E-state index in [1.807, 2.05) is 23.6 Å². The zero-order valence-electron chi connectivity index (χ0n) is 9.57. The highest BCUT2D eigenvalue weighted by atomic mass is 35.5. The predicted molar refractivity (Wildman–Crippen MR) is 74.3 cm³/mol. The molecule has 94 valence electrons. The first-order valence-electron chi connectivity index (χ1n) is 5.29. The van der Waals surface area contributed by atoms with Gasteiger partial charge in [0.1, 0.15) is 5.38 Å². The summed E-state index contributed by atoms with van der Waals surface area (Å²) in [5.74, 6) is -0.522. The Morgan fingerprint density at radius 1 is 1.33 bits per heavy atom. The first-order chi connectivity index (χ1) is 8.56. The van der Waals surface area contributed by atoms with Crippen LogP contribution in [-0.2, 0) is 4.79 Å². The van der Waals surface area contributed by atoms with E-state index in [1.54, 1.807) is 17.4 Å². The highest BCUT2D eigenvalue weighted by Crippen LogP contribution is 2.23. The Kier molecular flexibility index (Phi) is 3.84. The Morgan fingerprint density at radius 2 is 2.11 bits per heavy atom. The molecule has 6 heteroatoms. The maximum atomic E-state index is 11.5. The van der Waals surface area contributed by atoms with E-state index in [0.29, 0.717) is 5.69 Å². The molecule has 1 atom stereocenters. The fourth-order valence-electron chi connectivity index (χ4n) is 1.42. The van der Waals surface area contributed by atoms with E-state index in [1.165, 1.54) is 6.92 Å². The third-order valence-electron chi connectivity index (χ3n) is 2.31. The number of nitrogens with one attached hydrogen (secondary N) is 2. The molecule has 0 fully saturated rings. The van der Waals surface area contributed by atoms with Crippen molar-refractivity contribution in [1.29, 1.82) is 0 Å². The van der Waals surface area contributed by atoms with Crippen molar-refractivity contribution in [2.75, 3.05) is 5.32 Å². The molecule has 1 aromatic carbocycles. The third-order valence-corrected chi connectivity index (χ3v) is 3.40. The van der Waals surface area contributed by atoms with Gasteiger partial charge < -0.3 is 5.32 Å². The van der Waals surface area contributed by atoms with Crippen LogP contribution in [0.1, 0.15) is 6.92 Å². The minimum atomic E-state index is -0.741. The number of alkyl halides is 1. The Hall–Kier alpha value is -1.59. The number of carbonyl (C=O) groups is 2. The van der Waals surface area contributed by atoms with Crippen LogP contribution in [0.15, 0.2) is 29.6 Å². The van der Waals surface area contributed by atoms with E-state index >= 15 is 0 Å². The lowest BCUT2D eigenvalue weighted by atomic mass is 10.2. The Labute approximate surface area is 113 Å². The molecule has 0 aliphatic carbocycles. The van der Waals surface area contributed by atoms with Crippen molar-refractivity contribution in [1.82, 2.24) is 5.32 Å². The van der Waals surface area contributed by atoms with Crippen LogP contribution in [0.5, 0.6) is 0 Å². The van der Waals surface area contributed by atoms with E-state index in [9.17, 15) is 9.59 Å². The summed E-state index contributed by atoms with van der Waals surface area (Å²) in [4.78, 5) is 22.7. The largest absolute Gasteiger partial charge is 0.325 e. The Balaban J connectivity index is 2.04. The second-order valence-electron chi connectivity index (χ2n) is 3.73. The summed E-state index contributed by atoms with van der Waals surface area (Å²) in [6.07, 6.45) is 0. The molecular weight excluding hydrogens is 272 g/mol. The summed E-state index contributed by atoms with van der Waals surface area (Å²) in [5, 5.41) is 7.03. The lowest BCUT2D eigenvalue weighted by Crippen LogP contribution is -2.38. The standard InChI is InChI=1S/C12H11ClN2O2S/c1-7(13)11(16)15-12(17)14-9-2-3-10-8(6-9)4-5-18-10/h2-7H,1H3,(H2,14,15,16,17). The number of fused-ring (bicyclic) bond motifs is 1. The van der Waals surface area contributed by atoms with Gasteiger partial charge in [-0.25, -0.2) is 4.79 Å². The van der Waals surface area contributed by atoms with Gasteiger partial charge in [0.2, 0.25) is 5.91 Å². The molecular formula is C12H11ClN2O2S. The zero-order chi connectivity index (χ0) is 13.1. The van der Waals surface area contributed by atoms with E-state index in [2.05, 4.69) is 10.6 Å². The second-order valence-corrected chi connectivity index (χ2v) is 5.33. The number of urea groups is 1. The molecule has 18 heavy (non-hydrogen) atoms. The number of rotatable bonds is 2. The number of amides is 3. The van der Waals surface area contributed by atoms with Gasteiger partial charge >= 0.3 is 6.03 Å². The first-order valence-corrected chi connectivity index (χ1v) is 6.61. The molecule has 1 heterocycles. The summed E-state index contributed by atoms with van der Waals surface area (Å²) in [6, 6.07) is 6.94. The maximum Gasteiger partial charge on any atom is 0.325 e. The van der Waals surface area contributed by atoms with Crippen molar-refractivity contribution >= 4 is 50.6 Å². The highest BCUT2D eigenvalue weighted by Gasteiger charge is 2.12. The second kappa shape index (κ2) is 5.37. The van der Waals surface area contributed by atoms with E-state index in [4.69, 9.17) is 11.6 Å². The smallest absolute Gasteiger partial charge is 0.308 e. The summed E-state index contributed by atoms with van der Waals surface area (Å²) in [7, 11) is 0. The highest BCUT2D eigenvalue weighted by molar-refractivity contribution is 7.17. The lowest BCUT2D eigenvalue weighted by Gasteiger charge is -2.07. The average Bonchev–Trinajstić information content (AvgIpc) is 2.75.